The minimum Gasteiger partial charge on any atom is -0.461 e. The minimum absolute atomic E-state index is 0.0180. The number of benzene rings is 2. The number of ether oxygens (including phenoxy) is 1. The van der Waals surface area contributed by atoms with Crippen molar-refractivity contribution in [3.8, 4) is 0 Å². The van der Waals surface area contributed by atoms with Gasteiger partial charge in [0.2, 0.25) is 5.91 Å². The molecule has 3 aliphatic rings. The van der Waals surface area contributed by atoms with Gasteiger partial charge in [-0.05, 0) is 62.4 Å². The van der Waals surface area contributed by atoms with Crippen molar-refractivity contribution in [2.24, 2.45) is 17.8 Å². The number of thioether (sulfide) groups is 1. The van der Waals surface area contributed by atoms with E-state index < -0.39 is 34.6 Å². The number of aliphatic hydroxyl groups is 1. The van der Waals surface area contributed by atoms with Crippen LogP contribution in [0.15, 0.2) is 79.9 Å². The van der Waals surface area contributed by atoms with Gasteiger partial charge in [-0.3, -0.25) is 14.4 Å². The minimum atomic E-state index is -0.888. The second-order valence-electron chi connectivity index (χ2n) is 12.2. The number of carbonyl (C=O) groups is 3. The molecule has 5 rings (SSSR count). The highest BCUT2D eigenvalue weighted by atomic mass is 32.2. The molecule has 2 bridgehead atoms. The van der Waals surface area contributed by atoms with Crippen molar-refractivity contribution >= 4 is 40.9 Å². The zero-order valence-corrected chi connectivity index (χ0v) is 27.3. The molecule has 7 atom stereocenters. The molecule has 240 valence electrons. The molecule has 45 heavy (non-hydrogen) atoms. The van der Waals surface area contributed by atoms with Crippen LogP contribution in [0.4, 0.5) is 11.4 Å². The summed E-state index contributed by atoms with van der Waals surface area (Å²) in [6.07, 6.45) is 4.29. The number of aliphatic hydroxyl groups excluding tert-OH is 1. The number of likely N-dealkylation sites (tertiary alicyclic amines) is 1. The van der Waals surface area contributed by atoms with Crippen molar-refractivity contribution in [3.63, 3.8) is 0 Å². The van der Waals surface area contributed by atoms with Gasteiger partial charge in [0.05, 0.1) is 29.2 Å². The molecule has 3 aliphatic heterocycles. The smallest absolute Gasteiger partial charge is 0.311 e. The van der Waals surface area contributed by atoms with E-state index in [4.69, 9.17) is 4.74 Å². The number of anilines is 2. The van der Waals surface area contributed by atoms with Gasteiger partial charge in [0, 0.05) is 36.3 Å². The van der Waals surface area contributed by atoms with Gasteiger partial charge in [-0.15, -0.1) is 18.3 Å². The van der Waals surface area contributed by atoms with Crippen molar-refractivity contribution in [3.05, 3.63) is 85.5 Å². The zero-order valence-electron chi connectivity index (χ0n) is 26.5. The quantitative estimate of drug-likeness (QED) is 0.238. The lowest BCUT2D eigenvalue weighted by Crippen LogP contribution is -2.59. The van der Waals surface area contributed by atoms with Crippen LogP contribution in [0.1, 0.15) is 32.8 Å². The maximum absolute atomic E-state index is 15.1. The number of esters is 1. The molecule has 1 N–H and O–H groups in total. The summed E-state index contributed by atoms with van der Waals surface area (Å²) < 4.78 is 4.68. The van der Waals surface area contributed by atoms with E-state index in [2.05, 4.69) is 38.8 Å². The average Bonchev–Trinajstić information content (AvgIpc) is 3.66. The Hall–Kier alpha value is -3.56. The van der Waals surface area contributed by atoms with Gasteiger partial charge in [0.15, 0.2) is 0 Å². The van der Waals surface area contributed by atoms with E-state index in [1.165, 1.54) is 6.08 Å². The van der Waals surface area contributed by atoms with Gasteiger partial charge in [-0.2, -0.15) is 0 Å². The number of rotatable bonds is 14. The molecular weight excluding hydrogens is 586 g/mol. The Balaban J connectivity index is 1.60. The summed E-state index contributed by atoms with van der Waals surface area (Å²) in [6.45, 7) is 15.6. The Morgan fingerprint density at radius 3 is 2.36 bits per heavy atom. The molecule has 3 fully saturated rings. The molecule has 3 unspecified atom stereocenters. The number of carbonyl (C=O) groups excluding carboxylic acids is 3. The maximum Gasteiger partial charge on any atom is 0.311 e. The van der Waals surface area contributed by atoms with Crippen LogP contribution in [-0.4, -0.2) is 82.7 Å². The standard InChI is InChI=1S/C36H45N3O5S/c1-6-19-38(27-17-15-26(16-18-27)37(8-3)9-4)34(42)32-36-24(5)21-29(45-36)30(35(43)44-20-7-2)31(36)33(41)39(32)28(23-40)22-25-13-11-10-12-14-25/h6-7,10-18,24,28-32,40H,1-2,8-9,19-23H2,3-5H3/t24?,28-,29+,30-,31+,32?,36?/m1/s1. The van der Waals surface area contributed by atoms with Gasteiger partial charge >= 0.3 is 5.97 Å². The predicted octanol–water partition coefficient (Wildman–Crippen LogP) is 4.72. The third kappa shape index (κ3) is 5.69. The highest BCUT2D eigenvalue weighted by Gasteiger charge is 2.77. The summed E-state index contributed by atoms with van der Waals surface area (Å²) >= 11 is 1.60. The largest absolute Gasteiger partial charge is 0.461 e. The van der Waals surface area contributed by atoms with Crippen molar-refractivity contribution in [2.75, 3.05) is 42.6 Å². The van der Waals surface area contributed by atoms with Gasteiger partial charge in [-0.25, -0.2) is 0 Å². The summed E-state index contributed by atoms with van der Waals surface area (Å²) in [4.78, 5) is 48.8. The monoisotopic (exact) mass is 631 g/mol. The Bertz CT molecular complexity index is 1400. The molecule has 1 spiro atoms. The molecule has 0 saturated carbocycles. The molecule has 2 amide bonds. The lowest BCUT2D eigenvalue weighted by atomic mass is 9.66. The fourth-order valence-electron chi connectivity index (χ4n) is 7.81. The van der Waals surface area contributed by atoms with Gasteiger partial charge in [0.1, 0.15) is 12.6 Å². The van der Waals surface area contributed by atoms with Crippen LogP contribution >= 0.6 is 11.8 Å². The van der Waals surface area contributed by atoms with Crippen molar-refractivity contribution in [2.45, 2.75) is 55.7 Å². The molecule has 3 heterocycles. The van der Waals surface area contributed by atoms with Crippen LogP contribution in [0, 0.1) is 17.8 Å². The van der Waals surface area contributed by atoms with Crippen molar-refractivity contribution < 1.29 is 24.2 Å². The topological polar surface area (TPSA) is 90.4 Å². The molecule has 0 aromatic heterocycles. The van der Waals surface area contributed by atoms with Crippen LogP contribution in [0.25, 0.3) is 0 Å². The normalized spacial score (nSPS) is 27.2. The first-order valence-corrected chi connectivity index (χ1v) is 16.8. The first-order chi connectivity index (χ1) is 21.8. The van der Waals surface area contributed by atoms with Crippen LogP contribution in [0.3, 0.4) is 0 Å². The second kappa shape index (κ2) is 13.8. The van der Waals surface area contributed by atoms with Gasteiger partial charge < -0.3 is 24.5 Å². The second-order valence-corrected chi connectivity index (χ2v) is 13.7. The van der Waals surface area contributed by atoms with Crippen molar-refractivity contribution in [1.29, 1.82) is 0 Å². The Labute approximate surface area is 271 Å². The van der Waals surface area contributed by atoms with E-state index in [9.17, 15) is 14.7 Å². The third-order valence-electron chi connectivity index (χ3n) is 9.82. The lowest BCUT2D eigenvalue weighted by Gasteiger charge is -2.42. The van der Waals surface area contributed by atoms with E-state index in [0.29, 0.717) is 18.5 Å². The van der Waals surface area contributed by atoms with E-state index in [1.54, 1.807) is 27.6 Å². The summed E-state index contributed by atoms with van der Waals surface area (Å²) in [5, 5.41) is 10.7. The first-order valence-electron chi connectivity index (χ1n) is 16.0. The summed E-state index contributed by atoms with van der Waals surface area (Å²) in [6, 6.07) is 16.0. The van der Waals surface area contributed by atoms with Crippen LogP contribution in [0.2, 0.25) is 0 Å². The van der Waals surface area contributed by atoms with Crippen LogP contribution in [0.5, 0.6) is 0 Å². The summed E-state index contributed by atoms with van der Waals surface area (Å²) in [5.74, 6) is -2.34. The maximum atomic E-state index is 15.1. The third-order valence-corrected chi connectivity index (χ3v) is 11.9. The first kappa shape index (κ1) is 32.8. The van der Waals surface area contributed by atoms with Crippen LogP contribution < -0.4 is 9.80 Å². The van der Waals surface area contributed by atoms with E-state index in [0.717, 1.165) is 24.3 Å². The lowest BCUT2D eigenvalue weighted by molar-refractivity contribution is -0.154. The van der Waals surface area contributed by atoms with E-state index in [-0.39, 0.29) is 42.7 Å². The molecule has 2 aromatic rings. The Morgan fingerprint density at radius 2 is 1.76 bits per heavy atom. The summed E-state index contributed by atoms with van der Waals surface area (Å²) in [7, 11) is 0. The van der Waals surface area contributed by atoms with E-state index in [1.807, 2.05) is 54.6 Å². The van der Waals surface area contributed by atoms with Gasteiger partial charge in [-0.1, -0.05) is 56.0 Å². The molecule has 3 saturated heterocycles. The molecule has 9 heteroatoms. The highest BCUT2D eigenvalue weighted by Crippen LogP contribution is 2.69. The van der Waals surface area contributed by atoms with Gasteiger partial charge in [0.25, 0.3) is 5.91 Å². The van der Waals surface area contributed by atoms with Crippen LogP contribution in [-0.2, 0) is 25.5 Å². The average molecular weight is 632 g/mol. The van der Waals surface area contributed by atoms with E-state index >= 15 is 4.79 Å². The molecular formula is C36H45N3O5S. The zero-order chi connectivity index (χ0) is 32.3. The Kier molecular flexibility index (Phi) is 10.1. The summed E-state index contributed by atoms with van der Waals surface area (Å²) in [5.41, 5.74) is 2.72. The number of nitrogens with zero attached hydrogens (tertiary/aromatic N) is 3. The fraction of sp³-hybridized carbons (Fsp3) is 0.472. The number of hydrogen-bond donors (Lipinski definition) is 1. The molecule has 2 aromatic carbocycles. The molecule has 8 nitrogen and oxygen atoms in total. The number of hydrogen-bond acceptors (Lipinski definition) is 7. The van der Waals surface area contributed by atoms with Crippen molar-refractivity contribution in [1.82, 2.24) is 4.90 Å². The predicted molar refractivity (Wildman–Crippen MR) is 180 cm³/mol. The molecule has 0 radical (unpaired) electrons. The number of amides is 2. The molecule has 0 aliphatic carbocycles. The highest BCUT2D eigenvalue weighted by molar-refractivity contribution is 8.02. The number of fused-ring (bicyclic) bond motifs is 1. The SMILES string of the molecule is C=CCOC(=O)[C@@H]1[C@@H]2CC(C)C3(S2)C(C(=O)N(CC=C)c2ccc(N(CC)CC)cc2)N([C@@H](CO)Cc2ccccc2)C(=O)[C@H]13. The fourth-order valence-corrected chi connectivity index (χ4v) is 10.2. The Morgan fingerprint density at radius 1 is 1.09 bits per heavy atom.